The molecule has 0 bridgehead atoms. The first kappa shape index (κ1) is 13.6. The van der Waals surface area contributed by atoms with Gasteiger partial charge in [0.15, 0.2) is 0 Å². The van der Waals surface area contributed by atoms with Gasteiger partial charge in [-0.25, -0.2) is 0 Å². The summed E-state index contributed by atoms with van der Waals surface area (Å²) in [5, 5.41) is 4.67. The van der Waals surface area contributed by atoms with Gasteiger partial charge in [0.05, 0.1) is 18.8 Å². The standard InChI is InChI=1S/C15H26N2O/c1-14(2,3)12-9-16-17(11-7-8-18-10-11)13(12)15(4,5)6/h9,11H,7-8,10H2,1-6H3. The third-order valence-corrected chi connectivity index (χ3v) is 3.57. The Balaban J connectivity index is 2.51. The van der Waals surface area contributed by atoms with E-state index in [0.29, 0.717) is 6.04 Å². The van der Waals surface area contributed by atoms with E-state index in [1.165, 1.54) is 11.3 Å². The summed E-state index contributed by atoms with van der Waals surface area (Å²) in [6.45, 7) is 15.2. The summed E-state index contributed by atoms with van der Waals surface area (Å²) in [5.74, 6) is 0. The quantitative estimate of drug-likeness (QED) is 0.763. The summed E-state index contributed by atoms with van der Waals surface area (Å²) in [6.07, 6.45) is 3.13. The van der Waals surface area contributed by atoms with Gasteiger partial charge in [0.2, 0.25) is 0 Å². The third-order valence-electron chi connectivity index (χ3n) is 3.57. The van der Waals surface area contributed by atoms with E-state index < -0.39 is 0 Å². The second kappa shape index (κ2) is 4.37. The van der Waals surface area contributed by atoms with Crippen LogP contribution in [0.1, 0.15) is 65.3 Å². The Labute approximate surface area is 111 Å². The van der Waals surface area contributed by atoms with Gasteiger partial charge < -0.3 is 4.74 Å². The predicted molar refractivity (Wildman–Crippen MR) is 74.1 cm³/mol. The van der Waals surface area contributed by atoms with Crippen LogP contribution in [0, 0.1) is 0 Å². The van der Waals surface area contributed by atoms with Crippen LogP contribution in [0.4, 0.5) is 0 Å². The minimum Gasteiger partial charge on any atom is -0.379 e. The molecule has 2 rings (SSSR count). The summed E-state index contributed by atoms with van der Waals surface area (Å²) >= 11 is 0. The Morgan fingerprint density at radius 2 is 1.83 bits per heavy atom. The fraction of sp³-hybridized carbons (Fsp3) is 0.800. The van der Waals surface area contributed by atoms with Crippen molar-refractivity contribution in [3.8, 4) is 0 Å². The Kier molecular flexibility index (Phi) is 3.30. The number of hydrogen-bond donors (Lipinski definition) is 0. The fourth-order valence-corrected chi connectivity index (χ4v) is 2.65. The van der Waals surface area contributed by atoms with Gasteiger partial charge in [-0.3, -0.25) is 4.68 Å². The molecule has 0 aromatic carbocycles. The van der Waals surface area contributed by atoms with E-state index in [1.54, 1.807) is 0 Å². The first-order chi connectivity index (χ1) is 8.21. The number of nitrogens with zero attached hydrogens (tertiary/aromatic N) is 2. The van der Waals surface area contributed by atoms with E-state index >= 15 is 0 Å². The lowest BCUT2D eigenvalue weighted by atomic mass is 9.79. The maximum atomic E-state index is 5.51. The molecular formula is C15H26N2O. The van der Waals surface area contributed by atoms with Gasteiger partial charge in [-0.15, -0.1) is 0 Å². The van der Waals surface area contributed by atoms with E-state index in [4.69, 9.17) is 4.74 Å². The molecule has 1 aliphatic heterocycles. The smallest absolute Gasteiger partial charge is 0.0778 e. The molecule has 1 aliphatic rings. The van der Waals surface area contributed by atoms with Crippen LogP contribution in [0.3, 0.4) is 0 Å². The number of aromatic nitrogens is 2. The molecule has 0 saturated carbocycles. The molecule has 1 aromatic rings. The highest BCUT2D eigenvalue weighted by Crippen LogP contribution is 2.36. The maximum absolute atomic E-state index is 5.51. The molecule has 18 heavy (non-hydrogen) atoms. The molecule has 0 aliphatic carbocycles. The maximum Gasteiger partial charge on any atom is 0.0778 e. The zero-order valence-electron chi connectivity index (χ0n) is 12.6. The summed E-state index contributed by atoms with van der Waals surface area (Å²) in [5.41, 5.74) is 2.98. The molecule has 1 atom stereocenters. The minimum absolute atomic E-state index is 0.113. The lowest BCUT2D eigenvalue weighted by molar-refractivity contribution is 0.183. The predicted octanol–water partition coefficient (Wildman–Crippen LogP) is 3.44. The zero-order valence-corrected chi connectivity index (χ0v) is 12.6. The Bertz CT molecular complexity index is 415. The van der Waals surface area contributed by atoms with Crippen molar-refractivity contribution in [1.29, 1.82) is 0 Å². The van der Waals surface area contributed by atoms with Gasteiger partial charge in [0.1, 0.15) is 0 Å². The van der Waals surface area contributed by atoms with Gasteiger partial charge in [-0.05, 0) is 17.4 Å². The first-order valence-corrected chi connectivity index (χ1v) is 6.87. The van der Waals surface area contributed by atoms with Crippen LogP contribution >= 0.6 is 0 Å². The van der Waals surface area contributed by atoms with Gasteiger partial charge in [-0.1, -0.05) is 41.5 Å². The van der Waals surface area contributed by atoms with E-state index in [1.807, 2.05) is 0 Å². The van der Waals surface area contributed by atoms with Crippen LogP contribution < -0.4 is 0 Å². The van der Waals surface area contributed by atoms with Gasteiger partial charge in [0, 0.05) is 17.7 Å². The molecule has 102 valence electrons. The molecule has 0 spiro atoms. The Hall–Kier alpha value is -0.830. The van der Waals surface area contributed by atoms with Crippen LogP contribution in [-0.2, 0) is 15.6 Å². The van der Waals surface area contributed by atoms with Crippen molar-refractivity contribution in [3.63, 3.8) is 0 Å². The number of ether oxygens (including phenoxy) is 1. The normalized spacial score (nSPS) is 21.6. The summed E-state index contributed by atoms with van der Waals surface area (Å²) in [6, 6.07) is 0.412. The Morgan fingerprint density at radius 1 is 1.17 bits per heavy atom. The largest absolute Gasteiger partial charge is 0.379 e. The van der Waals surface area contributed by atoms with Gasteiger partial charge in [-0.2, -0.15) is 5.10 Å². The van der Waals surface area contributed by atoms with E-state index in [-0.39, 0.29) is 10.8 Å². The van der Waals surface area contributed by atoms with Crippen LogP contribution in [0.25, 0.3) is 0 Å². The fourth-order valence-electron chi connectivity index (χ4n) is 2.65. The second-order valence-corrected chi connectivity index (χ2v) is 7.37. The highest BCUT2D eigenvalue weighted by Gasteiger charge is 2.32. The highest BCUT2D eigenvalue weighted by atomic mass is 16.5. The number of rotatable bonds is 1. The summed E-state index contributed by atoms with van der Waals surface area (Å²) in [7, 11) is 0. The van der Waals surface area contributed by atoms with Crippen molar-refractivity contribution in [2.75, 3.05) is 13.2 Å². The summed E-state index contributed by atoms with van der Waals surface area (Å²) < 4.78 is 7.73. The molecule has 3 heteroatoms. The molecule has 1 fully saturated rings. The van der Waals surface area contributed by atoms with Crippen molar-refractivity contribution in [2.45, 2.75) is 64.8 Å². The molecule has 1 unspecified atom stereocenters. The van der Waals surface area contributed by atoms with E-state index in [2.05, 4.69) is 57.5 Å². The lowest BCUT2D eigenvalue weighted by Crippen LogP contribution is -2.26. The van der Waals surface area contributed by atoms with Crippen molar-refractivity contribution in [2.24, 2.45) is 0 Å². The molecule has 1 saturated heterocycles. The first-order valence-electron chi connectivity index (χ1n) is 6.87. The van der Waals surface area contributed by atoms with Gasteiger partial charge >= 0.3 is 0 Å². The molecule has 0 radical (unpaired) electrons. The van der Waals surface area contributed by atoms with E-state index in [0.717, 1.165) is 19.6 Å². The zero-order chi connectivity index (χ0) is 13.6. The topological polar surface area (TPSA) is 27.1 Å². The molecule has 0 amide bonds. The summed E-state index contributed by atoms with van der Waals surface area (Å²) in [4.78, 5) is 0. The van der Waals surface area contributed by atoms with Crippen LogP contribution in [0.15, 0.2) is 6.20 Å². The van der Waals surface area contributed by atoms with Crippen molar-refractivity contribution in [3.05, 3.63) is 17.5 Å². The lowest BCUT2D eigenvalue weighted by Gasteiger charge is -2.29. The Morgan fingerprint density at radius 3 is 2.28 bits per heavy atom. The molecule has 0 N–H and O–H groups in total. The SMILES string of the molecule is CC(C)(C)c1cnn(C2CCOC2)c1C(C)(C)C. The molecule has 3 nitrogen and oxygen atoms in total. The number of hydrogen-bond acceptors (Lipinski definition) is 2. The van der Waals surface area contributed by atoms with Crippen molar-refractivity contribution in [1.82, 2.24) is 9.78 Å². The van der Waals surface area contributed by atoms with Crippen molar-refractivity contribution >= 4 is 0 Å². The molecule has 1 aromatic heterocycles. The minimum atomic E-state index is 0.113. The van der Waals surface area contributed by atoms with Crippen LogP contribution in [0.2, 0.25) is 0 Å². The van der Waals surface area contributed by atoms with Gasteiger partial charge in [0.25, 0.3) is 0 Å². The van der Waals surface area contributed by atoms with Crippen molar-refractivity contribution < 1.29 is 4.74 Å². The third kappa shape index (κ3) is 2.46. The highest BCUT2D eigenvalue weighted by molar-refractivity contribution is 5.31. The van der Waals surface area contributed by atoms with Crippen LogP contribution in [0.5, 0.6) is 0 Å². The average molecular weight is 250 g/mol. The molecular weight excluding hydrogens is 224 g/mol. The average Bonchev–Trinajstić information content (AvgIpc) is 2.83. The van der Waals surface area contributed by atoms with E-state index in [9.17, 15) is 0 Å². The second-order valence-electron chi connectivity index (χ2n) is 7.37. The van der Waals surface area contributed by atoms with Crippen LogP contribution in [-0.4, -0.2) is 23.0 Å². The monoisotopic (exact) mass is 250 g/mol. The molecule has 2 heterocycles.